The minimum atomic E-state index is 0.00447. The summed E-state index contributed by atoms with van der Waals surface area (Å²) in [5.74, 6) is 0.780. The van der Waals surface area contributed by atoms with E-state index >= 15 is 0 Å². The molecule has 1 aromatic carbocycles. The molecule has 1 aromatic heterocycles. The summed E-state index contributed by atoms with van der Waals surface area (Å²) in [4.78, 5) is 14.3. The van der Waals surface area contributed by atoms with Gasteiger partial charge >= 0.3 is 6.03 Å². The van der Waals surface area contributed by atoms with E-state index in [9.17, 15) is 4.79 Å². The summed E-state index contributed by atoms with van der Waals surface area (Å²) in [6.07, 6.45) is 4.69. The van der Waals surface area contributed by atoms with Gasteiger partial charge in [-0.2, -0.15) is 0 Å². The SMILES string of the molecule is O=C(NCc1ccco1)N1CCCC1Cc1ccccc1. The number of hydrogen-bond donors (Lipinski definition) is 1. The summed E-state index contributed by atoms with van der Waals surface area (Å²) in [5, 5.41) is 2.94. The highest BCUT2D eigenvalue weighted by atomic mass is 16.3. The van der Waals surface area contributed by atoms with Gasteiger partial charge in [-0.05, 0) is 37.0 Å². The van der Waals surface area contributed by atoms with Gasteiger partial charge in [0.15, 0.2) is 0 Å². The average molecular weight is 284 g/mol. The van der Waals surface area contributed by atoms with Gasteiger partial charge in [0.1, 0.15) is 5.76 Å². The molecule has 2 aromatic rings. The molecule has 0 aliphatic carbocycles. The second-order valence-electron chi connectivity index (χ2n) is 5.42. The summed E-state index contributed by atoms with van der Waals surface area (Å²) in [7, 11) is 0. The summed E-state index contributed by atoms with van der Waals surface area (Å²) < 4.78 is 5.24. The Balaban J connectivity index is 1.57. The third-order valence-electron chi connectivity index (χ3n) is 3.95. The van der Waals surface area contributed by atoms with Gasteiger partial charge in [-0.1, -0.05) is 30.3 Å². The Morgan fingerprint density at radius 1 is 1.24 bits per heavy atom. The molecule has 0 spiro atoms. The largest absolute Gasteiger partial charge is 0.467 e. The lowest BCUT2D eigenvalue weighted by atomic mass is 10.0. The van der Waals surface area contributed by atoms with Crippen LogP contribution in [0.5, 0.6) is 0 Å². The molecule has 21 heavy (non-hydrogen) atoms. The fourth-order valence-corrected chi connectivity index (χ4v) is 2.88. The number of likely N-dealkylation sites (tertiary alicyclic amines) is 1. The molecule has 1 unspecified atom stereocenters. The minimum absolute atomic E-state index is 0.00447. The first-order valence-electron chi connectivity index (χ1n) is 7.44. The van der Waals surface area contributed by atoms with Gasteiger partial charge in [-0.3, -0.25) is 0 Å². The summed E-state index contributed by atoms with van der Waals surface area (Å²) in [6, 6.07) is 14.4. The van der Waals surface area contributed by atoms with Crippen molar-refractivity contribution in [2.75, 3.05) is 6.54 Å². The summed E-state index contributed by atoms with van der Waals surface area (Å²) >= 11 is 0. The Hall–Kier alpha value is -2.23. The number of rotatable bonds is 4. The molecule has 4 heteroatoms. The third-order valence-corrected chi connectivity index (χ3v) is 3.95. The zero-order valence-electron chi connectivity index (χ0n) is 12.0. The predicted molar refractivity (Wildman–Crippen MR) is 80.8 cm³/mol. The molecule has 2 amide bonds. The van der Waals surface area contributed by atoms with Crippen LogP contribution in [-0.4, -0.2) is 23.5 Å². The van der Waals surface area contributed by atoms with Crippen LogP contribution in [0.4, 0.5) is 4.79 Å². The number of carbonyl (C=O) groups is 1. The summed E-state index contributed by atoms with van der Waals surface area (Å²) in [6.45, 7) is 1.28. The Labute approximate surface area is 124 Å². The first-order valence-corrected chi connectivity index (χ1v) is 7.44. The maximum absolute atomic E-state index is 12.3. The fourth-order valence-electron chi connectivity index (χ4n) is 2.88. The molecule has 1 fully saturated rings. The van der Waals surface area contributed by atoms with Crippen LogP contribution in [0.15, 0.2) is 53.1 Å². The second-order valence-corrected chi connectivity index (χ2v) is 5.42. The van der Waals surface area contributed by atoms with Crippen LogP contribution >= 0.6 is 0 Å². The monoisotopic (exact) mass is 284 g/mol. The van der Waals surface area contributed by atoms with E-state index in [2.05, 4.69) is 17.4 Å². The highest BCUT2D eigenvalue weighted by molar-refractivity contribution is 5.74. The summed E-state index contributed by atoms with van der Waals surface area (Å²) in [5.41, 5.74) is 1.29. The van der Waals surface area contributed by atoms with Gasteiger partial charge in [-0.15, -0.1) is 0 Å². The molecular formula is C17H20N2O2. The zero-order chi connectivity index (χ0) is 14.5. The molecule has 0 bridgehead atoms. The van der Waals surface area contributed by atoms with Gasteiger partial charge in [0.25, 0.3) is 0 Å². The topological polar surface area (TPSA) is 45.5 Å². The van der Waals surface area contributed by atoms with Crippen molar-refractivity contribution >= 4 is 6.03 Å². The van der Waals surface area contributed by atoms with E-state index in [0.717, 1.165) is 31.6 Å². The first-order chi connectivity index (χ1) is 10.3. The van der Waals surface area contributed by atoms with E-state index < -0.39 is 0 Å². The molecule has 0 radical (unpaired) electrons. The van der Waals surface area contributed by atoms with Crippen molar-refractivity contribution in [1.29, 1.82) is 0 Å². The molecule has 1 aliphatic heterocycles. The second kappa shape index (κ2) is 6.48. The Morgan fingerprint density at radius 2 is 2.10 bits per heavy atom. The van der Waals surface area contributed by atoms with Crippen LogP contribution in [0.2, 0.25) is 0 Å². The molecule has 110 valence electrons. The van der Waals surface area contributed by atoms with Gasteiger partial charge in [0.2, 0.25) is 0 Å². The van der Waals surface area contributed by atoms with Crippen molar-refractivity contribution in [3.05, 3.63) is 60.1 Å². The number of hydrogen-bond acceptors (Lipinski definition) is 2. The number of nitrogens with one attached hydrogen (secondary N) is 1. The standard InChI is InChI=1S/C17H20N2O2/c20-17(18-13-16-9-5-11-21-16)19-10-4-8-15(19)12-14-6-2-1-3-7-14/h1-3,5-7,9,11,15H,4,8,10,12-13H2,(H,18,20). The molecule has 0 saturated carbocycles. The van der Waals surface area contributed by atoms with E-state index in [1.807, 2.05) is 35.2 Å². The van der Waals surface area contributed by atoms with Crippen LogP contribution in [0.3, 0.4) is 0 Å². The van der Waals surface area contributed by atoms with Crippen LogP contribution in [0.25, 0.3) is 0 Å². The van der Waals surface area contributed by atoms with Crippen LogP contribution in [-0.2, 0) is 13.0 Å². The highest BCUT2D eigenvalue weighted by Crippen LogP contribution is 2.21. The number of urea groups is 1. The van der Waals surface area contributed by atoms with Gasteiger partial charge in [0.05, 0.1) is 12.8 Å². The third kappa shape index (κ3) is 3.45. The minimum Gasteiger partial charge on any atom is -0.467 e. The number of furan rings is 1. The lowest BCUT2D eigenvalue weighted by Gasteiger charge is -2.25. The maximum Gasteiger partial charge on any atom is 0.318 e. The van der Waals surface area contributed by atoms with Crippen molar-refractivity contribution in [3.63, 3.8) is 0 Å². The average Bonchev–Trinajstić information content (AvgIpc) is 3.17. The van der Waals surface area contributed by atoms with Crippen LogP contribution in [0, 0.1) is 0 Å². The van der Waals surface area contributed by atoms with E-state index in [1.165, 1.54) is 5.56 Å². The number of amides is 2. The smallest absolute Gasteiger partial charge is 0.318 e. The van der Waals surface area contributed by atoms with Crippen molar-refractivity contribution < 1.29 is 9.21 Å². The number of benzene rings is 1. The van der Waals surface area contributed by atoms with E-state index in [4.69, 9.17) is 4.42 Å². The quantitative estimate of drug-likeness (QED) is 0.937. The molecular weight excluding hydrogens is 264 g/mol. The van der Waals surface area contributed by atoms with Crippen molar-refractivity contribution in [1.82, 2.24) is 10.2 Å². The first kappa shape index (κ1) is 13.7. The predicted octanol–water partition coefficient (Wildman–Crippen LogP) is 3.20. The number of carbonyl (C=O) groups excluding carboxylic acids is 1. The maximum atomic E-state index is 12.3. The highest BCUT2D eigenvalue weighted by Gasteiger charge is 2.28. The van der Waals surface area contributed by atoms with Crippen LogP contribution in [0.1, 0.15) is 24.2 Å². The fraction of sp³-hybridized carbons (Fsp3) is 0.353. The lowest BCUT2D eigenvalue weighted by Crippen LogP contribution is -2.43. The molecule has 4 nitrogen and oxygen atoms in total. The van der Waals surface area contributed by atoms with Crippen molar-refractivity contribution in [2.45, 2.75) is 31.8 Å². The molecule has 1 aliphatic rings. The molecule has 1 N–H and O–H groups in total. The normalized spacial score (nSPS) is 17.9. The van der Waals surface area contributed by atoms with Gasteiger partial charge < -0.3 is 14.6 Å². The molecule has 1 saturated heterocycles. The van der Waals surface area contributed by atoms with E-state index in [1.54, 1.807) is 6.26 Å². The van der Waals surface area contributed by atoms with Gasteiger partial charge in [-0.25, -0.2) is 4.79 Å². The Bertz CT molecular complexity index is 566. The van der Waals surface area contributed by atoms with Crippen LogP contribution < -0.4 is 5.32 Å². The molecule has 1 atom stereocenters. The Kier molecular flexibility index (Phi) is 4.24. The number of nitrogens with zero attached hydrogens (tertiary/aromatic N) is 1. The van der Waals surface area contributed by atoms with Crippen molar-refractivity contribution in [3.8, 4) is 0 Å². The van der Waals surface area contributed by atoms with E-state index in [0.29, 0.717) is 12.6 Å². The molecule has 3 rings (SSSR count). The van der Waals surface area contributed by atoms with Gasteiger partial charge in [0, 0.05) is 12.6 Å². The lowest BCUT2D eigenvalue weighted by molar-refractivity contribution is 0.191. The van der Waals surface area contributed by atoms with E-state index in [-0.39, 0.29) is 6.03 Å². The zero-order valence-corrected chi connectivity index (χ0v) is 12.0. The molecule has 2 heterocycles. The van der Waals surface area contributed by atoms with Crippen molar-refractivity contribution in [2.24, 2.45) is 0 Å². The Morgan fingerprint density at radius 3 is 2.86 bits per heavy atom.